The number of ether oxygens (including phenoxy) is 1. The summed E-state index contributed by atoms with van der Waals surface area (Å²) in [6.45, 7) is 2.17. The highest BCUT2D eigenvalue weighted by Crippen LogP contribution is 2.38. The van der Waals surface area contributed by atoms with E-state index >= 15 is 0 Å². The molecule has 0 amide bonds. The summed E-state index contributed by atoms with van der Waals surface area (Å²) < 4.78 is 60.3. The molecule has 0 saturated carbocycles. The molecule has 27 heavy (non-hydrogen) atoms. The van der Waals surface area contributed by atoms with Crippen molar-refractivity contribution in [3.8, 4) is 5.75 Å². The molecule has 1 unspecified atom stereocenters. The summed E-state index contributed by atoms with van der Waals surface area (Å²) in [7, 11) is 0. The second-order valence-electron chi connectivity index (χ2n) is 7.17. The molecule has 2 aromatic rings. The van der Waals surface area contributed by atoms with Gasteiger partial charge in [0.1, 0.15) is 6.10 Å². The number of rotatable bonds is 7. The predicted molar refractivity (Wildman–Crippen MR) is 96.9 cm³/mol. The molecule has 5 heteroatoms. The van der Waals surface area contributed by atoms with Crippen LogP contribution in [-0.4, -0.2) is 0 Å². The fourth-order valence-corrected chi connectivity index (χ4v) is 3.59. The Labute approximate surface area is 157 Å². The van der Waals surface area contributed by atoms with Crippen molar-refractivity contribution in [1.29, 1.82) is 0 Å². The highest BCUT2D eigenvalue weighted by molar-refractivity contribution is 5.41. The van der Waals surface area contributed by atoms with Gasteiger partial charge in [0.15, 0.2) is 29.0 Å². The Bertz CT molecular complexity index is 780. The third kappa shape index (κ3) is 4.63. The molecule has 0 N–H and O–H groups in total. The van der Waals surface area contributed by atoms with E-state index in [4.69, 9.17) is 4.74 Å². The molecule has 0 spiro atoms. The molecule has 146 valence electrons. The molecular formula is C22H24F4O. The molecule has 1 aliphatic rings. The van der Waals surface area contributed by atoms with Crippen LogP contribution in [0.25, 0.3) is 0 Å². The maximum atomic E-state index is 14.5. The van der Waals surface area contributed by atoms with Crippen molar-refractivity contribution in [1.82, 2.24) is 0 Å². The van der Waals surface area contributed by atoms with E-state index in [-0.39, 0.29) is 11.3 Å². The normalized spacial score (nSPS) is 16.1. The second kappa shape index (κ2) is 8.77. The monoisotopic (exact) mass is 380 g/mol. The van der Waals surface area contributed by atoms with Crippen LogP contribution in [-0.2, 0) is 12.8 Å². The van der Waals surface area contributed by atoms with Crippen molar-refractivity contribution < 1.29 is 22.3 Å². The number of hydrogen-bond donors (Lipinski definition) is 0. The maximum absolute atomic E-state index is 14.5. The zero-order valence-electron chi connectivity index (χ0n) is 15.5. The summed E-state index contributed by atoms with van der Waals surface area (Å²) in [5.41, 5.74) is 1.90. The molecule has 0 radical (unpaired) electrons. The topological polar surface area (TPSA) is 9.23 Å². The van der Waals surface area contributed by atoms with Crippen molar-refractivity contribution in [2.75, 3.05) is 0 Å². The van der Waals surface area contributed by atoms with E-state index in [2.05, 4.69) is 6.92 Å². The zero-order chi connectivity index (χ0) is 19.4. The molecule has 0 aliphatic carbocycles. The fraction of sp³-hybridized carbons (Fsp3) is 0.455. The Morgan fingerprint density at radius 2 is 1.59 bits per heavy atom. The third-order valence-corrected chi connectivity index (χ3v) is 5.06. The number of benzene rings is 2. The Balaban J connectivity index is 1.71. The number of hydrogen-bond acceptors (Lipinski definition) is 1. The van der Waals surface area contributed by atoms with E-state index in [1.165, 1.54) is 25.3 Å². The molecule has 2 aromatic carbocycles. The van der Waals surface area contributed by atoms with Gasteiger partial charge in [-0.15, -0.1) is 0 Å². The number of fused-ring (bicyclic) bond motifs is 1. The van der Waals surface area contributed by atoms with Crippen molar-refractivity contribution in [2.24, 2.45) is 0 Å². The van der Waals surface area contributed by atoms with Crippen molar-refractivity contribution in [3.05, 3.63) is 64.2 Å². The van der Waals surface area contributed by atoms with Crippen LogP contribution in [0.3, 0.4) is 0 Å². The largest absolute Gasteiger partial charge is 0.482 e. The van der Waals surface area contributed by atoms with Gasteiger partial charge in [-0.25, -0.2) is 17.6 Å². The van der Waals surface area contributed by atoms with Gasteiger partial charge < -0.3 is 4.74 Å². The van der Waals surface area contributed by atoms with Crippen LogP contribution in [0.2, 0.25) is 0 Å². The number of aryl methyl sites for hydroxylation is 2. The van der Waals surface area contributed by atoms with Gasteiger partial charge in [0, 0.05) is 0 Å². The van der Waals surface area contributed by atoms with Gasteiger partial charge in [0.05, 0.1) is 0 Å². The molecular weight excluding hydrogens is 356 g/mol. The number of halogens is 4. The maximum Gasteiger partial charge on any atom is 0.194 e. The highest BCUT2D eigenvalue weighted by atomic mass is 19.2. The van der Waals surface area contributed by atoms with E-state index in [0.717, 1.165) is 42.5 Å². The minimum atomic E-state index is -1.51. The van der Waals surface area contributed by atoms with E-state index < -0.39 is 29.4 Å². The van der Waals surface area contributed by atoms with Crippen molar-refractivity contribution in [2.45, 2.75) is 64.4 Å². The smallest absolute Gasteiger partial charge is 0.194 e. The van der Waals surface area contributed by atoms with E-state index in [1.54, 1.807) is 0 Å². The van der Waals surface area contributed by atoms with Gasteiger partial charge in [-0.2, -0.15) is 0 Å². The minimum absolute atomic E-state index is 0.131. The van der Waals surface area contributed by atoms with E-state index in [9.17, 15) is 17.6 Å². The number of unbranched alkanes of at least 4 members (excludes halogenated alkanes) is 4. The molecule has 0 fully saturated rings. The second-order valence-corrected chi connectivity index (χ2v) is 7.17. The molecule has 1 aliphatic heterocycles. The summed E-state index contributed by atoms with van der Waals surface area (Å²) in [5.74, 6) is -4.36. The Morgan fingerprint density at radius 1 is 0.889 bits per heavy atom. The van der Waals surface area contributed by atoms with Gasteiger partial charge in [-0.3, -0.25) is 0 Å². The predicted octanol–water partition coefficient (Wildman–Crippen LogP) is 6.82. The fourth-order valence-electron chi connectivity index (χ4n) is 3.59. The minimum Gasteiger partial charge on any atom is -0.482 e. The van der Waals surface area contributed by atoms with Crippen LogP contribution >= 0.6 is 0 Å². The molecule has 1 nitrogen and oxygen atoms in total. The lowest BCUT2D eigenvalue weighted by molar-refractivity contribution is 0.166. The van der Waals surface area contributed by atoms with Crippen molar-refractivity contribution >= 4 is 0 Å². The SMILES string of the molecule is CCCCCCCc1cc(F)c2c(c1)CCC(c1cc(F)c(F)c(F)c1)O2. The molecule has 0 bridgehead atoms. The van der Waals surface area contributed by atoms with Gasteiger partial charge in [0.25, 0.3) is 0 Å². The summed E-state index contributed by atoms with van der Waals surface area (Å²) >= 11 is 0. The quantitative estimate of drug-likeness (QED) is 0.291. The molecule has 3 rings (SSSR count). The Kier molecular flexibility index (Phi) is 6.40. The lowest BCUT2D eigenvalue weighted by atomic mass is 9.94. The van der Waals surface area contributed by atoms with Crippen LogP contribution in [0.4, 0.5) is 17.6 Å². The first-order valence-corrected chi connectivity index (χ1v) is 9.62. The highest BCUT2D eigenvalue weighted by Gasteiger charge is 2.26. The molecule has 1 atom stereocenters. The molecule has 1 heterocycles. The van der Waals surface area contributed by atoms with Crippen LogP contribution in [0.5, 0.6) is 5.75 Å². The van der Waals surface area contributed by atoms with Crippen LogP contribution in [0, 0.1) is 23.3 Å². The van der Waals surface area contributed by atoms with Gasteiger partial charge in [0.2, 0.25) is 0 Å². The zero-order valence-corrected chi connectivity index (χ0v) is 15.5. The van der Waals surface area contributed by atoms with Crippen LogP contribution in [0.1, 0.15) is 68.2 Å². The van der Waals surface area contributed by atoms with Crippen LogP contribution < -0.4 is 4.74 Å². The molecule has 0 saturated heterocycles. The average molecular weight is 380 g/mol. The lowest BCUT2D eigenvalue weighted by Gasteiger charge is -2.27. The average Bonchev–Trinajstić information content (AvgIpc) is 2.65. The molecule has 0 aromatic heterocycles. The summed E-state index contributed by atoms with van der Waals surface area (Å²) in [5, 5.41) is 0. The lowest BCUT2D eigenvalue weighted by Crippen LogP contribution is -2.17. The summed E-state index contributed by atoms with van der Waals surface area (Å²) in [6, 6.07) is 5.26. The Morgan fingerprint density at radius 3 is 2.30 bits per heavy atom. The van der Waals surface area contributed by atoms with Gasteiger partial charge in [-0.05, 0) is 60.6 Å². The van der Waals surface area contributed by atoms with Crippen LogP contribution in [0.15, 0.2) is 24.3 Å². The first-order valence-electron chi connectivity index (χ1n) is 9.62. The van der Waals surface area contributed by atoms with Gasteiger partial charge >= 0.3 is 0 Å². The summed E-state index contributed by atoms with van der Waals surface area (Å²) in [6.07, 6.45) is 6.88. The first kappa shape index (κ1) is 19.7. The Hall–Kier alpha value is -2.04. The first-order chi connectivity index (χ1) is 13.0. The van der Waals surface area contributed by atoms with Gasteiger partial charge in [-0.1, -0.05) is 38.7 Å². The standard InChI is InChI=1S/C22H24F4O/c1-2-3-4-5-6-7-14-10-15-8-9-20(27-22(15)19(25)11-14)16-12-17(23)21(26)18(24)13-16/h10-13,20H,2-9H2,1H3. The van der Waals surface area contributed by atoms with E-state index in [0.29, 0.717) is 12.8 Å². The summed E-state index contributed by atoms with van der Waals surface area (Å²) in [4.78, 5) is 0. The third-order valence-electron chi connectivity index (χ3n) is 5.06. The van der Waals surface area contributed by atoms with Crippen molar-refractivity contribution in [3.63, 3.8) is 0 Å². The van der Waals surface area contributed by atoms with E-state index in [1.807, 2.05) is 6.07 Å².